The van der Waals surface area contributed by atoms with Crippen molar-refractivity contribution >= 4 is 53.5 Å². The molecular formula is C6H4Br2ClNO2S. The van der Waals surface area contributed by atoms with E-state index in [0.717, 1.165) is 0 Å². The monoisotopic (exact) mass is 347 g/mol. The Morgan fingerprint density at radius 1 is 1.31 bits per heavy atom. The standard InChI is InChI=1S/C6H4Br2ClNO2S/c7-3-1-2-4(9)5(8)6(3)13(10,11)12/h1-2H,(H2,10,11,12). The Bertz CT molecular complexity index is 446. The first kappa shape index (κ1) is 11.5. The normalized spacial score (nSPS) is 11.7. The number of benzene rings is 1. The maximum atomic E-state index is 11.1. The molecule has 0 radical (unpaired) electrons. The van der Waals surface area contributed by atoms with Crippen molar-refractivity contribution in [2.75, 3.05) is 0 Å². The average Bonchev–Trinajstić information content (AvgIpc) is 1.95. The zero-order valence-corrected chi connectivity index (χ0v) is 10.8. The van der Waals surface area contributed by atoms with Gasteiger partial charge in [0.25, 0.3) is 0 Å². The maximum Gasteiger partial charge on any atom is 0.240 e. The van der Waals surface area contributed by atoms with Crippen LogP contribution in [0.15, 0.2) is 26.0 Å². The SMILES string of the molecule is NS(=O)(=O)c1c(Br)ccc(Cl)c1Br. The molecule has 1 aromatic rings. The van der Waals surface area contributed by atoms with Gasteiger partial charge < -0.3 is 0 Å². The lowest BCUT2D eigenvalue weighted by molar-refractivity contribution is 0.597. The minimum atomic E-state index is -3.76. The van der Waals surface area contributed by atoms with Crippen molar-refractivity contribution in [2.45, 2.75) is 4.90 Å². The van der Waals surface area contributed by atoms with Gasteiger partial charge in [-0.1, -0.05) is 11.6 Å². The van der Waals surface area contributed by atoms with E-state index in [0.29, 0.717) is 9.50 Å². The van der Waals surface area contributed by atoms with E-state index in [-0.39, 0.29) is 9.37 Å². The Kier molecular flexibility index (Phi) is 3.40. The Balaban J connectivity index is 3.62. The summed E-state index contributed by atoms with van der Waals surface area (Å²) in [7, 11) is -3.76. The topological polar surface area (TPSA) is 60.2 Å². The van der Waals surface area contributed by atoms with Crippen molar-refractivity contribution in [3.05, 3.63) is 26.1 Å². The molecule has 1 aromatic carbocycles. The lowest BCUT2D eigenvalue weighted by atomic mass is 10.4. The number of nitrogens with two attached hydrogens (primary N) is 1. The third kappa shape index (κ3) is 2.44. The highest BCUT2D eigenvalue weighted by atomic mass is 79.9. The highest BCUT2D eigenvalue weighted by Gasteiger charge is 2.18. The molecule has 72 valence electrons. The molecule has 1 rings (SSSR count). The molecule has 0 spiro atoms. The summed E-state index contributed by atoms with van der Waals surface area (Å²) in [5, 5.41) is 5.28. The second-order valence-electron chi connectivity index (χ2n) is 2.22. The van der Waals surface area contributed by atoms with Crippen LogP contribution in [0.5, 0.6) is 0 Å². The van der Waals surface area contributed by atoms with Crippen LogP contribution in [0.2, 0.25) is 5.02 Å². The summed E-state index contributed by atoms with van der Waals surface area (Å²) in [6, 6.07) is 3.08. The first-order valence-electron chi connectivity index (χ1n) is 3.00. The van der Waals surface area contributed by atoms with Crippen molar-refractivity contribution in [3.8, 4) is 0 Å². The van der Waals surface area contributed by atoms with E-state index in [1.165, 1.54) is 6.07 Å². The lowest BCUT2D eigenvalue weighted by Crippen LogP contribution is -2.13. The lowest BCUT2D eigenvalue weighted by Gasteiger charge is -2.05. The van der Waals surface area contributed by atoms with Gasteiger partial charge in [0, 0.05) is 4.47 Å². The predicted octanol–water partition coefficient (Wildman–Crippen LogP) is 2.51. The number of primary sulfonamides is 1. The zero-order chi connectivity index (χ0) is 10.2. The van der Waals surface area contributed by atoms with Crippen LogP contribution < -0.4 is 5.14 Å². The second-order valence-corrected chi connectivity index (χ2v) is 5.77. The second kappa shape index (κ2) is 3.86. The fourth-order valence-electron chi connectivity index (χ4n) is 0.769. The first-order valence-corrected chi connectivity index (χ1v) is 6.51. The van der Waals surface area contributed by atoms with Gasteiger partial charge in [0.1, 0.15) is 4.90 Å². The van der Waals surface area contributed by atoms with Gasteiger partial charge in [-0.2, -0.15) is 0 Å². The summed E-state index contributed by atoms with van der Waals surface area (Å²) in [5.74, 6) is 0. The minimum Gasteiger partial charge on any atom is -0.225 e. The van der Waals surface area contributed by atoms with Crippen LogP contribution in [0.3, 0.4) is 0 Å². The van der Waals surface area contributed by atoms with Crippen LogP contribution >= 0.6 is 43.5 Å². The van der Waals surface area contributed by atoms with E-state index < -0.39 is 10.0 Å². The molecule has 0 unspecified atom stereocenters. The number of hydrogen-bond acceptors (Lipinski definition) is 2. The van der Waals surface area contributed by atoms with Gasteiger partial charge in [-0.15, -0.1) is 0 Å². The van der Waals surface area contributed by atoms with Crippen molar-refractivity contribution in [1.29, 1.82) is 0 Å². The van der Waals surface area contributed by atoms with E-state index >= 15 is 0 Å². The molecular weight excluding hydrogens is 345 g/mol. The number of rotatable bonds is 1. The fraction of sp³-hybridized carbons (Fsp3) is 0. The molecule has 0 amide bonds. The molecule has 0 aliphatic rings. The number of sulfonamides is 1. The molecule has 0 aromatic heterocycles. The summed E-state index contributed by atoms with van der Waals surface area (Å²) < 4.78 is 22.8. The maximum absolute atomic E-state index is 11.1. The van der Waals surface area contributed by atoms with Crippen molar-refractivity contribution in [1.82, 2.24) is 0 Å². The highest BCUT2D eigenvalue weighted by molar-refractivity contribution is 9.11. The summed E-state index contributed by atoms with van der Waals surface area (Å²) in [6.07, 6.45) is 0. The van der Waals surface area contributed by atoms with Gasteiger partial charge in [0.2, 0.25) is 10.0 Å². The molecule has 0 saturated carbocycles. The fourth-order valence-corrected chi connectivity index (χ4v) is 3.98. The highest BCUT2D eigenvalue weighted by Crippen LogP contribution is 2.34. The zero-order valence-electron chi connectivity index (χ0n) is 6.09. The molecule has 13 heavy (non-hydrogen) atoms. The Hall–Kier alpha value is 0.380. The van der Waals surface area contributed by atoms with Crippen LogP contribution in [0, 0.1) is 0 Å². The first-order chi connectivity index (χ1) is 5.84. The Labute approximate surface area is 97.6 Å². The predicted molar refractivity (Wildman–Crippen MR) is 58.2 cm³/mol. The molecule has 0 atom stereocenters. The largest absolute Gasteiger partial charge is 0.240 e. The average molecular weight is 349 g/mol. The molecule has 0 aliphatic heterocycles. The summed E-state index contributed by atoms with van der Waals surface area (Å²) >= 11 is 11.8. The number of halogens is 3. The molecule has 7 heteroatoms. The van der Waals surface area contributed by atoms with Gasteiger partial charge in [-0.05, 0) is 44.0 Å². The van der Waals surface area contributed by atoms with Crippen LogP contribution in [-0.4, -0.2) is 8.42 Å². The van der Waals surface area contributed by atoms with E-state index in [1.807, 2.05) is 0 Å². The molecule has 3 nitrogen and oxygen atoms in total. The molecule has 0 fully saturated rings. The van der Waals surface area contributed by atoms with Crippen LogP contribution in [0.1, 0.15) is 0 Å². The van der Waals surface area contributed by atoms with Gasteiger partial charge in [-0.25, -0.2) is 13.6 Å². The van der Waals surface area contributed by atoms with E-state index in [4.69, 9.17) is 16.7 Å². The van der Waals surface area contributed by atoms with Crippen molar-refractivity contribution < 1.29 is 8.42 Å². The van der Waals surface area contributed by atoms with Crippen LogP contribution in [0.25, 0.3) is 0 Å². The van der Waals surface area contributed by atoms with Crippen LogP contribution in [0.4, 0.5) is 0 Å². The molecule has 0 heterocycles. The van der Waals surface area contributed by atoms with Gasteiger partial charge >= 0.3 is 0 Å². The third-order valence-corrected chi connectivity index (χ3v) is 4.83. The number of hydrogen-bond donors (Lipinski definition) is 1. The Morgan fingerprint density at radius 2 is 1.85 bits per heavy atom. The van der Waals surface area contributed by atoms with Crippen molar-refractivity contribution in [2.24, 2.45) is 5.14 Å². The van der Waals surface area contributed by atoms with Gasteiger partial charge in [0.05, 0.1) is 9.50 Å². The quantitative estimate of drug-likeness (QED) is 0.792. The molecule has 0 aliphatic carbocycles. The van der Waals surface area contributed by atoms with Gasteiger partial charge in [0.15, 0.2) is 0 Å². The summed E-state index contributed by atoms with van der Waals surface area (Å²) in [6.45, 7) is 0. The molecule has 0 saturated heterocycles. The Morgan fingerprint density at radius 3 is 2.23 bits per heavy atom. The summed E-state index contributed by atoms with van der Waals surface area (Å²) in [5.41, 5.74) is 0. The van der Waals surface area contributed by atoms with Crippen molar-refractivity contribution in [3.63, 3.8) is 0 Å². The van der Waals surface area contributed by atoms with E-state index in [1.54, 1.807) is 6.07 Å². The third-order valence-electron chi connectivity index (χ3n) is 1.29. The minimum absolute atomic E-state index is 0.0417. The van der Waals surface area contributed by atoms with E-state index in [9.17, 15) is 8.42 Å². The van der Waals surface area contributed by atoms with E-state index in [2.05, 4.69) is 31.9 Å². The van der Waals surface area contributed by atoms with Gasteiger partial charge in [-0.3, -0.25) is 0 Å². The molecule has 2 N–H and O–H groups in total. The smallest absolute Gasteiger partial charge is 0.225 e. The van der Waals surface area contributed by atoms with Crippen LogP contribution in [-0.2, 0) is 10.0 Å². The summed E-state index contributed by atoms with van der Waals surface area (Å²) in [4.78, 5) is -0.0417. The molecule has 0 bridgehead atoms.